The Morgan fingerprint density at radius 2 is 2.18 bits per heavy atom. The second-order valence-corrected chi connectivity index (χ2v) is 6.61. The molecule has 0 aliphatic rings. The number of amides is 1. The van der Waals surface area contributed by atoms with E-state index in [4.69, 9.17) is 0 Å². The third-order valence-electron chi connectivity index (χ3n) is 3.07. The van der Waals surface area contributed by atoms with E-state index >= 15 is 0 Å². The minimum Gasteiger partial charge on any atom is -0.349 e. The topological polar surface area (TPSA) is 67.9 Å². The molecule has 1 unspecified atom stereocenters. The minimum atomic E-state index is -0.124. The van der Waals surface area contributed by atoms with E-state index in [0.29, 0.717) is 24.4 Å². The van der Waals surface area contributed by atoms with Gasteiger partial charge in [-0.1, -0.05) is 0 Å². The molecule has 6 nitrogen and oxygen atoms in total. The van der Waals surface area contributed by atoms with Crippen molar-refractivity contribution in [2.24, 2.45) is 0 Å². The van der Waals surface area contributed by atoms with Crippen LogP contribution in [0.5, 0.6) is 0 Å². The highest BCUT2D eigenvalue weighted by molar-refractivity contribution is 9.10. The number of hydrogen-bond acceptors (Lipinski definition) is 3. The summed E-state index contributed by atoms with van der Waals surface area (Å²) >= 11 is 3.34. The summed E-state index contributed by atoms with van der Waals surface area (Å²) in [7, 11) is 1.91. The second-order valence-electron chi connectivity index (χ2n) is 5.69. The summed E-state index contributed by atoms with van der Waals surface area (Å²) in [5.41, 5.74) is 1.16. The molecule has 2 aromatic rings. The van der Waals surface area contributed by atoms with Crippen molar-refractivity contribution in [2.75, 3.05) is 13.6 Å². The molecule has 1 atom stereocenters. The maximum Gasteiger partial charge on any atom is 0.275 e. The summed E-state index contributed by atoms with van der Waals surface area (Å²) in [6, 6.07) is 5.28. The van der Waals surface area contributed by atoms with Crippen molar-refractivity contribution in [3.63, 3.8) is 0 Å². The van der Waals surface area contributed by atoms with E-state index in [2.05, 4.69) is 26.2 Å². The molecule has 22 heavy (non-hydrogen) atoms. The van der Waals surface area contributed by atoms with Crippen molar-refractivity contribution in [3.8, 4) is 0 Å². The van der Waals surface area contributed by atoms with Gasteiger partial charge in [-0.2, -0.15) is 0 Å². The Hall–Kier alpha value is -1.73. The van der Waals surface area contributed by atoms with E-state index in [9.17, 15) is 9.59 Å². The van der Waals surface area contributed by atoms with Crippen molar-refractivity contribution in [3.05, 3.63) is 44.9 Å². The van der Waals surface area contributed by atoms with Crippen LogP contribution in [0.25, 0.3) is 5.65 Å². The molecule has 0 aliphatic heterocycles. The van der Waals surface area contributed by atoms with Gasteiger partial charge in [-0.3, -0.25) is 14.0 Å². The zero-order valence-corrected chi connectivity index (χ0v) is 14.5. The Bertz CT molecular complexity index is 742. The van der Waals surface area contributed by atoms with Crippen molar-refractivity contribution in [1.82, 2.24) is 14.7 Å². The van der Waals surface area contributed by atoms with E-state index in [0.717, 1.165) is 9.37 Å². The lowest BCUT2D eigenvalue weighted by Gasteiger charge is -2.15. The van der Waals surface area contributed by atoms with Crippen molar-refractivity contribution in [1.29, 1.82) is 0 Å². The average Bonchev–Trinajstić information content (AvgIpc) is 2.38. The van der Waals surface area contributed by atoms with Gasteiger partial charge in [0.2, 0.25) is 0 Å². The third-order valence-corrected chi connectivity index (χ3v) is 3.54. The third kappa shape index (κ3) is 4.38. The van der Waals surface area contributed by atoms with Crippen LogP contribution in [0, 0.1) is 0 Å². The first kappa shape index (κ1) is 16.6. The van der Waals surface area contributed by atoms with Gasteiger partial charge in [-0.25, -0.2) is 4.98 Å². The SMILES string of the molecule is CC(C)NC(=O)C[NH+](C)Cc1cc(=O)n2cc(Br)ccc2n1. The normalized spacial score (nSPS) is 12.6. The minimum absolute atomic E-state index is 0.00561. The molecule has 0 spiro atoms. The largest absolute Gasteiger partial charge is 0.349 e. The fourth-order valence-electron chi connectivity index (χ4n) is 2.24. The molecule has 118 valence electrons. The average molecular weight is 368 g/mol. The summed E-state index contributed by atoms with van der Waals surface area (Å²) in [6.07, 6.45) is 1.70. The summed E-state index contributed by atoms with van der Waals surface area (Å²) in [5, 5.41) is 2.86. The number of aromatic nitrogens is 2. The molecular weight excluding hydrogens is 348 g/mol. The molecule has 2 rings (SSSR count). The van der Waals surface area contributed by atoms with Gasteiger partial charge in [0.1, 0.15) is 17.9 Å². The number of hydrogen-bond donors (Lipinski definition) is 2. The number of halogens is 1. The first-order chi connectivity index (χ1) is 10.3. The number of quaternary nitrogens is 1. The predicted molar refractivity (Wildman–Crippen MR) is 87.9 cm³/mol. The number of nitrogens with zero attached hydrogens (tertiary/aromatic N) is 2. The van der Waals surface area contributed by atoms with Gasteiger partial charge in [0.15, 0.2) is 6.54 Å². The fourth-order valence-corrected chi connectivity index (χ4v) is 2.57. The van der Waals surface area contributed by atoms with Crippen LogP contribution < -0.4 is 15.8 Å². The lowest BCUT2D eigenvalue weighted by atomic mass is 10.3. The zero-order chi connectivity index (χ0) is 16.3. The zero-order valence-electron chi connectivity index (χ0n) is 12.9. The van der Waals surface area contributed by atoms with E-state index in [1.807, 2.05) is 27.0 Å². The highest BCUT2D eigenvalue weighted by Crippen LogP contribution is 2.09. The second kappa shape index (κ2) is 7.02. The van der Waals surface area contributed by atoms with Crippen LogP contribution in [0.4, 0.5) is 0 Å². The molecule has 0 bridgehead atoms. The molecule has 7 heteroatoms. The molecule has 0 aromatic carbocycles. The van der Waals surface area contributed by atoms with Gasteiger partial charge in [-0.05, 0) is 41.9 Å². The van der Waals surface area contributed by atoms with E-state index in [1.165, 1.54) is 10.5 Å². The molecule has 0 radical (unpaired) electrons. The lowest BCUT2D eigenvalue weighted by Crippen LogP contribution is -3.09. The van der Waals surface area contributed by atoms with Gasteiger partial charge in [-0.15, -0.1) is 0 Å². The van der Waals surface area contributed by atoms with Crippen molar-refractivity contribution >= 4 is 27.5 Å². The highest BCUT2D eigenvalue weighted by Gasteiger charge is 2.13. The fraction of sp³-hybridized carbons (Fsp3) is 0.400. The molecule has 2 N–H and O–H groups in total. The summed E-state index contributed by atoms with van der Waals surface area (Å²) in [6.45, 7) is 4.72. The van der Waals surface area contributed by atoms with Crippen LogP contribution in [0.3, 0.4) is 0 Å². The van der Waals surface area contributed by atoms with Gasteiger partial charge in [0.25, 0.3) is 11.5 Å². The number of rotatable bonds is 5. The smallest absolute Gasteiger partial charge is 0.275 e. The van der Waals surface area contributed by atoms with Crippen LogP contribution in [-0.2, 0) is 11.3 Å². The summed E-state index contributed by atoms with van der Waals surface area (Å²) < 4.78 is 2.32. The Balaban J connectivity index is 2.13. The number of carbonyl (C=O) groups is 1. The maximum atomic E-state index is 12.1. The van der Waals surface area contributed by atoms with E-state index < -0.39 is 0 Å². The summed E-state index contributed by atoms with van der Waals surface area (Å²) in [4.78, 5) is 29.3. The van der Waals surface area contributed by atoms with Crippen molar-refractivity contribution in [2.45, 2.75) is 26.4 Å². The van der Waals surface area contributed by atoms with Gasteiger partial charge < -0.3 is 10.2 Å². The Kier molecular flexibility index (Phi) is 5.31. The molecule has 1 amide bonds. The Morgan fingerprint density at radius 1 is 1.45 bits per heavy atom. The van der Waals surface area contributed by atoms with Crippen molar-refractivity contribution < 1.29 is 9.69 Å². The van der Waals surface area contributed by atoms with Crippen LogP contribution in [0.2, 0.25) is 0 Å². The molecular formula is C15H20BrN4O2+. The van der Waals surface area contributed by atoms with Gasteiger partial charge in [0, 0.05) is 22.8 Å². The van der Waals surface area contributed by atoms with Crippen LogP contribution in [0.1, 0.15) is 19.5 Å². The molecule has 2 aromatic heterocycles. The van der Waals surface area contributed by atoms with E-state index in [-0.39, 0.29) is 17.5 Å². The predicted octanol–water partition coefficient (Wildman–Crippen LogP) is -0.00370. The Labute approximate surface area is 137 Å². The van der Waals surface area contributed by atoms with Crippen LogP contribution >= 0.6 is 15.9 Å². The number of nitrogens with one attached hydrogen (secondary N) is 2. The quantitative estimate of drug-likeness (QED) is 0.781. The molecule has 0 saturated carbocycles. The van der Waals surface area contributed by atoms with Gasteiger partial charge >= 0.3 is 0 Å². The number of fused-ring (bicyclic) bond motifs is 1. The number of pyridine rings is 1. The lowest BCUT2D eigenvalue weighted by molar-refractivity contribution is -0.885. The van der Waals surface area contributed by atoms with Crippen LogP contribution in [0.15, 0.2) is 33.7 Å². The van der Waals surface area contributed by atoms with E-state index in [1.54, 1.807) is 12.3 Å². The molecule has 2 heterocycles. The number of likely N-dealkylation sites (N-methyl/N-ethyl adjacent to an activating group) is 1. The monoisotopic (exact) mass is 367 g/mol. The first-order valence-corrected chi connectivity index (χ1v) is 7.93. The van der Waals surface area contributed by atoms with Gasteiger partial charge in [0.05, 0.1) is 7.05 Å². The van der Waals surface area contributed by atoms with Crippen LogP contribution in [-0.4, -0.2) is 34.9 Å². The first-order valence-electron chi connectivity index (χ1n) is 7.13. The molecule has 0 aliphatic carbocycles. The Morgan fingerprint density at radius 3 is 2.86 bits per heavy atom. The molecule has 0 saturated heterocycles. The number of carbonyl (C=O) groups excluding carboxylic acids is 1. The summed E-state index contributed by atoms with van der Waals surface area (Å²) in [5.74, 6) is -0.00561. The maximum absolute atomic E-state index is 12.1. The molecule has 0 fully saturated rings. The highest BCUT2D eigenvalue weighted by atomic mass is 79.9. The standard InChI is InChI=1S/C15H19BrN4O2/c1-10(2)17-14(21)9-19(3)8-12-6-15(22)20-7-11(16)4-5-13(20)18-12/h4-7,10H,8-9H2,1-3H3,(H,17,21)/p+1.